The smallest absolute Gasteiger partial charge is 0.307 e. The Morgan fingerprint density at radius 1 is 1.35 bits per heavy atom. The summed E-state index contributed by atoms with van der Waals surface area (Å²) in [5.74, 6) is -0.322. The zero-order valence-electron chi connectivity index (χ0n) is 11.9. The van der Waals surface area contributed by atoms with E-state index in [0.29, 0.717) is 18.8 Å². The Hall–Kier alpha value is -1.60. The van der Waals surface area contributed by atoms with Crippen LogP contribution in [0.4, 0.5) is 5.69 Å². The molecule has 0 amide bonds. The molecule has 0 fully saturated rings. The Morgan fingerprint density at radius 2 is 2.00 bits per heavy atom. The normalized spacial score (nSPS) is 11.2. The summed E-state index contributed by atoms with van der Waals surface area (Å²) in [5.41, 5.74) is 0.577. The Labute approximate surface area is 119 Å². The molecule has 1 aromatic carbocycles. The highest BCUT2D eigenvalue weighted by Gasteiger charge is 2.19. The molecular weight excluding hydrogens is 280 g/mol. The van der Waals surface area contributed by atoms with Gasteiger partial charge in [-0.1, -0.05) is 12.1 Å². The first-order valence-corrected chi connectivity index (χ1v) is 7.79. The summed E-state index contributed by atoms with van der Waals surface area (Å²) < 4.78 is 30.9. The quantitative estimate of drug-likeness (QED) is 0.760. The summed E-state index contributed by atoms with van der Waals surface area (Å²) in [5, 5.41) is 0. The van der Waals surface area contributed by atoms with Crippen LogP contribution in [0.2, 0.25) is 0 Å². The van der Waals surface area contributed by atoms with Crippen molar-refractivity contribution in [1.82, 2.24) is 4.72 Å². The van der Waals surface area contributed by atoms with Crippen molar-refractivity contribution >= 4 is 21.7 Å². The molecule has 20 heavy (non-hydrogen) atoms. The highest BCUT2D eigenvalue weighted by molar-refractivity contribution is 7.89. The van der Waals surface area contributed by atoms with Crippen LogP contribution in [0.3, 0.4) is 0 Å². The predicted molar refractivity (Wildman–Crippen MR) is 77.2 cm³/mol. The van der Waals surface area contributed by atoms with Gasteiger partial charge in [-0.25, -0.2) is 13.1 Å². The SMILES string of the molecule is CCN(CCC(=O)OC)c1ccccc1S(=O)(=O)NC. The number of ether oxygens (including phenoxy) is 1. The maximum atomic E-state index is 12.0. The Morgan fingerprint density at radius 3 is 2.55 bits per heavy atom. The minimum atomic E-state index is -3.54. The average Bonchev–Trinajstić information content (AvgIpc) is 2.48. The van der Waals surface area contributed by atoms with Gasteiger partial charge in [-0.15, -0.1) is 0 Å². The van der Waals surface area contributed by atoms with Crippen LogP contribution in [0.1, 0.15) is 13.3 Å². The van der Waals surface area contributed by atoms with Crippen LogP contribution >= 0.6 is 0 Å². The number of carbonyl (C=O) groups is 1. The second kappa shape index (κ2) is 7.25. The molecule has 0 saturated heterocycles. The van der Waals surface area contributed by atoms with E-state index in [9.17, 15) is 13.2 Å². The second-order valence-electron chi connectivity index (χ2n) is 4.08. The zero-order valence-corrected chi connectivity index (χ0v) is 12.7. The van der Waals surface area contributed by atoms with Crippen molar-refractivity contribution in [2.45, 2.75) is 18.2 Å². The van der Waals surface area contributed by atoms with Gasteiger partial charge in [0.15, 0.2) is 0 Å². The molecule has 6 nitrogen and oxygen atoms in total. The van der Waals surface area contributed by atoms with E-state index in [1.54, 1.807) is 24.3 Å². The maximum absolute atomic E-state index is 12.0. The van der Waals surface area contributed by atoms with Crippen LogP contribution in [-0.2, 0) is 19.6 Å². The fourth-order valence-corrected chi connectivity index (χ4v) is 2.78. The summed E-state index contributed by atoms with van der Waals surface area (Å²) >= 11 is 0. The lowest BCUT2D eigenvalue weighted by Crippen LogP contribution is -2.29. The van der Waals surface area contributed by atoms with Crippen molar-refractivity contribution in [2.75, 3.05) is 32.1 Å². The lowest BCUT2D eigenvalue weighted by atomic mass is 10.2. The average molecular weight is 300 g/mol. The van der Waals surface area contributed by atoms with Crippen molar-refractivity contribution in [3.8, 4) is 0 Å². The number of esters is 1. The van der Waals surface area contributed by atoms with Crippen LogP contribution in [0.25, 0.3) is 0 Å². The molecule has 0 aliphatic rings. The molecule has 0 aliphatic heterocycles. The molecule has 0 aromatic heterocycles. The number of rotatable bonds is 7. The minimum absolute atomic E-state index is 0.203. The minimum Gasteiger partial charge on any atom is -0.469 e. The summed E-state index contributed by atoms with van der Waals surface area (Å²) in [4.78, 5) is 13.3. The molecule has 1 N–H and O–H groups in total. The number of sulfonamides is 1. The second-order valence-corrected chi connectivity index (χ2v) is 5.94. The number of anilines is 1. The Kier molecular flexibility index (Phi) is 5.97. The molecule has 0 atom stereocenters. The van der Waals surface area contributed by atoms with Gasteiger partial charge in [-0.3, -0.25) is 4.79 Å². The van der Waals surface area contributed by atoms with Gasteiger partial charge in [0, 0.05) is 13.1 Å². The van der Waals surface area contributed by atoms with Gasteiger partial charge in [0.25, 0.3) is 0 Å². The number of para-hydroxylation sites is 1. The van der Waals surface area contributed by atoms with E-state index in [1.165, 1.54) is 14.2 Å². The van der Waals surface area contributed by atoms with E-state index in [4.69, 9.17) is 0 Å². The monoisotopic (exact) mass is 300 g/mol. The van der Waals surface area contributed by atoms with E-state index >= 15 is 0 Å². The van der Waals surface area contributed by atoms with E-state index in [2.05, 4.69) is 9.46 Å². The zero-order chi connectivity index (χ0) is 15.2. The number of methoxy groups -OCH3 is 1. The largest absolute Gasteiger partial charge is 0.469 e. The summed E-state index contributed by atoms with van der Waals surface area (Å²) in [6.45, 7) is 2.90. The van der Waals surface area contributed by atoms with Gasteiger partial charge in [-0.05, 0) is 26.1 Å². The topological polar surface area (TPSA) is 75.7 Å². The van der Waals surface area contributed by atoms with E-state index in [0.717, 1.165) is 0 Å². The molecule has 0 radical (unpaired) electrons. The van der Waals surface area contributed by atoms with E-state index in [-0.39, 0.29) is 17.3 Å². The van der Waals surface area contributed by atoms with Crippen LogP contribution in [0.5, 0.6) is 0 Å². The number of nitrogens with zero attached hydrogens (tertiary/aromatic N) is 1. The predicted octanol–water partition coefficient (Wildman–Crippen LogP) is 0.984. The highest BCUT2D eigenvalue weighted by Crippen LogP contribution is 2.24. The maximum Gasteiger partial charge on any atom is 0.307 e. The van der Waals surface area contributed by atoms with Gasteiger partial charge in [-0.2, -0.15) is 0 Å². The Bertz CT molecular complexity index is 557. The summed E-state index contributed by atoms with van der Waals surface area (Å²) in [7, 11) is -0.833. The fraction of sp³-hybridized carbons (Fsp3) is 0.462. The van der Waals surface area contributed by atoms with Gasteiger partial charge >= 0.3 is 5.97 Å². The van der Waals surface area contributed by atoms with Gasteiger partial charge in [0.05, 0.1) is 19.2 Å². The molecule has 0 unspecified atom stereocenters. The van der Waals surface area contributed by atoms with Crippen molar-refractivity contribution in [3.05, 3.63) is 24.3 Å². The third-order valence-corrected chi connectivity index (χ3v) is 4.42. The van der Waals surface area contributed by atoms with Crippen molar-refractivity contribution < 1.29 is 17.9 Å². The first-order valence-electron chi connectivity index (χ1n) is 6.30. The van der Waals surface area contributed by atoms with E-state index < -0.39 is 10.0 Å². The first kappa shape index (κ1) is 16.5. The summed E-state index contributed by atoms with van der Waals surface area (Å²) in [6.07, 6.45) is 0.207. The van der Waals surface area contributed by atoms with Gasteiger partial charge in [0.1, 0.15) is 4.90 Å². The van der Waals surface area contributed by atoms with Crippen LogP contribution in [-0.4, -0.2) is 41.6 Å². The molecule has 0 spiro atoms. The lowest BCUT2D eigenvalue weighted by molar-refractivity contribution is -0.140. The molecule has 1 aromatic rings. The molecular formula is C13H20N2O4S. The van der Waals surface area contributed by atoms with Crippen molar-refractivity contribution in [2.24, 2.45) is 0 Å². The van der Waals surface area contributed by atoms with Crippen LogP contribution in [0.15, 0.2) is 29.2 Å². The Balaban J connectivity index is 3.07. The first-order chi connectivity index (χ1) is 9.46. The fourth-order valence-electron chi connectivity index (χ4n) is 1.83. The van der Waals surface area contributed by atoms with Crippen LogP contribution in [0, 0.1) is 0 Å². The van der Waals surface area contributed by atoms with Crippen molar-refractivity contribution in [3.63, 3.8) is 0 Å². The number of carbonyl (C=O) groups excluding carboxylic acids is 1. The molecule has 112 valence electrons. The number of nitrogens with one attached hydrogen (secondary N) is 1. The summed E-state index contributed by atoms with van der Waals surface area (Å²) in [6, 6.07) is 6.71. The van der Waals surface area contributed by atoms with Gasteiger partial charge in [0.2, 0.25) is 10.0 Å². The molecule has 7 heteroatoms. The molecule has 0 aliphatic carbocycles. The molecule has 0 heterocycles. The third kappa shape index (κ3) is 3.94. The van der Waals surface area contributed by atoms with Crippen molar-refractivity contribution in [1.29, 1.82) is 0 Å². The standard InChI is InChI=1S/C13H20N2O4S/c1-4-15(10-9-13(16)19-3)11-7-5-6-8-12(11)20(17,18)14-2/h5-8,14H,4,9-10H2,1-3H3. The van der Waals surface area contributed by atoms with E-state index in [1.807, 2.05) is 11.8 Å². The molecule has 0 bridgehead atoms. The molecule has 0 saturated carbocycles. The number of hydrogen-bond donors (Lipinski definition) is 1. The number of hydrogen-bond acceptors (Lipinski definition) is 5. The van der Waals surface area contributed by atoms with Gasteiger partial charge < -0.3 is 9.64 Å². The molecule has 1 rings (SSSR count). The highest BCUT2D eigenvalue weighted by atomic mass is 32.2. The lowest BCUT2D eigenvalue weighted by Gasteiger charge is -2.24. The number of benzene rings is 1. The third-order valence-electron chi connectivity index (χ3n) is 2.96. The van der Waals surface area contributed by atoms with Crippen LogP contribution < -0.4 is 9.62 Å².